The molecule has 2 N–H and O–H groups in total. The van der Waals surface area contributed by atoms with Gasteiger partial charge < -0.3 is 5.73 Å². The molecule has 0 heterocycles. The summed E-state index contributed by atoms with van der Waals surface area (Å²) in [7, 11) is 0. The normalized spacial score (nSPS) is 19.1. The highest BCUT2D eigenvalue weighted by molar-refractivity contribution is 6.00. The van der Waals surface area contributed by atoms with E-state index in [-0.39, 0.29) is 17.7 Å². The van der Waals surface area contributed by atoms with Gasteiger partial charge in [-0.15, -0.1) is 0 Å². The van der Waals surface area contributed by atoms with Crippen LogP contribution in [-0.4, -0.2) is 11.8 Å². The summed E-state index contributed by atoms with van der Waals surface area (Å²) in [4.78, 5) is 12.2. The van der Waals surface area contributed by atoms with Crippen LogP contribution in [0, 0.1) is 5.92 Å². The van der Waals surface area contributed by atoms with Gasteiger partial charge in [-0.3, -0.25) is 4.79 Å². The molecule has 2 atom stereocenters. The van der Waals surface area contributed by atoms with Crippen molar-refractivity contribution in [2.75, 3.05) is 0 Å². The summed E-state index contributed by atoms with van der Waals surface area (Å²) in [6.45, 7) is 4.10. The standard InChI is InChI=1S/C16H23NO/c1-3-11(2)15(17)16(18)14-9-7-13(8-10-14)12-5-4-6-12/h7-12,15H,3-6,17H2,1-2H3. The van der Waals surface area contributed by atoms with Crippen molar-refractivity contribution in [1.82, 2.24) is 0 Å². The molecule has 0 aliphatic heterocycles. The SMILES string of the molecule is CCC(C)C(N)C(=O)c1ccc(C2CCC2)cc1. The van der Waals surface area contributed by atoms with E-state index in [1.165, 1.54) is 24.8 Å². The van der Waals surface area contributed by atoms with Crippen LogP contribution in [0.5, 0.6) is 0 Å². The Kier molecular flexibility index (Phi) is 4.18. The first-order chi connectivity index (χ1) is 8.63. The van der Waals surface area contributed by atoms with Crippen LogP contribution >= 0.6 is 0 Å². The molecule has 2 unspecified atom stereocenters. The summed E-state index contributed by atoms with van der Waals surface area (Å²) in [5, 5.41) is 0. The van der Waals surface area contributed by atoms with E-state index in [2.05, 4.69) is 19.1 Å². The quantitative estimate of drug-likeness (QED) is 0.807. The molecule has 18 heavy (non-hydrogen) atoms. The van der Waals surface area contributed by atoms with Crippen LogP contribution in [0.2, 0.25) is 0 Å². The molecule has 0 aromatic heterocycles. The maximum atomic E-state index is 12.2. The summed E-state index contributed by atoms with van der Waals surface area (Å²) < 4.78 is 0. The highest BCUT2D eigenvalue weighted by Crippen LogP contribution is 2.36. The number of rotatable bonds is 5. The minimum Gasteiger partial charge on any atom is -0.321 e. The van der Waals surface area contributed by atoms with Crippen LogP contribution in [0.4, 0.5) is 0 Å². The maximum absolute atomic E-state index is 12.2. The van der Waals surface area contributed by atoms with Crippen LogP contribution in [0.3, 0.4) is 0 Å². The van der Waals surface area contributed by atoms with Crippen LogP contribution < -0.4 is 5.73 Å². The Morgan fingerprint density at radius 1 is 1.33 bits per heavy atom. The number of ketones is 1. The van der Waals surface area contributed by atoms with Gasteiger partial charge in [-0.1, -0.05) is 51.0 Å². The van der Waals surface area contributed by atoms with E-state index in [9.17, 15) is 4.79 Å². The molecule has 2 nitrogen and oxygen atoms in total. The summed E-state index contributed by atoms with van der Waals surface area (Å²) in [6, 6.07) is 7.71. The third kappa shape index (κ3) is 2.64. The van der Waals surface area contributed by atoms with Crippen molar-refractivity contribution in [3.8, 4) is 0 Å². The molecular formula is C16H23NO. The van der Waals surface area contributed by atoms with E-state index in [4.69, 9.17) is 5.73 Å². The maximum Gasteiger partial charge on any atom is 0.179 e. The van der Waals surface area contributed by atoms with Gasteiger partial charge in [-0.2, -0.15) is 0 Å². The molecule has 0 amide bonds. The van der Waals surface area contributed by atoms with Gasteiger partial charge >= 0.3 is 0 Å². The Hall–Kier alpha value is -1.15. The molecular weight excluding hydrogens is 222 g/mol. The van der Waals surface area contributed by atoms with Gasteiger partial charge in [0.1, 0.15) is 0 Å². The molecule has 2 rings (SSSR count). The smallest absolute Gasteiger partial charge is 0.179 e. The topological polar surface area (TPSA) is 43.1 Å². The van der Waals surface area contributed by atoms with Crippen molar-refractivity contribution in [3.63, 3.8) is 0 Å². The van der Waals surface area contributed by atoms with Gasteiger partial charge in [0.25, 0.3) is 0 Å². The molecule has 1 aromatic carbocycles. The average molecular weight is 245 g/mol. The van der Waals surface area contributed by atoms with Crippen molar-refractivity contribution in [1.29, 1.82) is 0 Å². The second kappa shape index (κ2) is 5.66. The summed E-state index contributed by atoms with van der Waals surface area (Å²) in [5.41, 5.74) is 8.11. The van der Waals surface area contributed by atoms with E-state index in [1.54, 1.807) is 0 Å². The third-order valence-corrected chi connectivity index (χ3v) is 4.33. The summed E-state index contributed by atoms with van der Waals surface area (Å²) >= 11 is 0. The molecule has 1 aromatic rings. The minimum absolute atomic E-state index is 0.0736. The van der Waals surface area contributed by atoms with Gasteiger partial charge in [-0.25, -0.2) is 0 Å². The molecule has 0 radical (unpaired) electrons. The van der Waals surface area contributed by atoms with Gasteiger partial charge in [0, 0.05) is 5.56 Å². The number of nitrogens with two attached hydrogens (primary N) is 1. The van der Waals surface area contributed by atoms with Crippen molar-refractivity contribution >= 4 is 5.78 Å². The van der Waals surface area contributed by atoms with Gasteiger partial charge in [0.05, 0.1) is 6.04 Å². The minimum atomic E-state index is -0.371. The zero-order valence-corrected chi connectivity index (χ0v) is 11.4. The zero-order valence-electron chi connectivity index (χ0n) is 11.4. The fourth-order valence-electron chi connectivity index (χ4n) is 2.37. The highest BCUT2D eigenvalue weighted by Gasteiger charge is 2.22. The predicted octanol–water partition coefficient (Wildman–Crippen LogP) is 3.51. The van der Waals surface area contributed by atoms with Crippen LogP contribution in [0.1, 0.15) is 61.4 Å². The van der Waals surface area contributed by atoms with E-state index in [0.29, 0.717) is 0 Å². The van der Waals surface area contributed by atoms with E-state index >= 15 is 0 Å². The molecule has 98 valence electrons. The second-order valence-electron chi connectivity index (χ2n) is 5.53. The van der Waals surface area contributed by atoms with Gasteiger partial charge in [0.15, 0.2) is 5.78 Å². The summed E-state index contributed by atoms with van der Waals surface area (Å²) in [5.74, 6) is 1.03. The summed E-state index contributed by atoms with van der Waals surface area (Å²) in [6.07, 6.45) is 4.86. The number of hydrogen-bond donors (Lipinski definition) is 1. The van der Waals surface area contributed by atoms with E-state index in [0.717, 1.165) is 17.9 Å². The molecule has 0 bridgehead atoms. The number of carbonyl (C=O) groups excluding carboxylic acids is 1. The van der Waals surface area contributed by atoms with Gasteiger partial charge in [0.2, 0.25) is 0 Å². The lowest BCUT2D eigenvalue weighted by Gasteiger charge is -2.26. The van der Waals surface area contributed by atoms with Crippen molar-refractivity contribution in [2.45, 2.75) is 51.5 Å². The molecule has 1 aliphatic rings. The van der Waals surface area contributed by atoms with Gasteiger partial charge in [-0.05, 0) is 30.2 Å². The van der Waals surface area contributed by atoms with Crippen LogP contribution in [0.25, 0.3) is 0 Å². The Bertz CT molecular complexity index is 406. The third-order valence-electron chi connectivity index (χ3n) is 4.33. The largest absolute Gasteiger partial charge is 0.321 e. The van der Waals surface area contributed by atoms with Crippen molar-refractivity contribution in [2.24, 2.45) is 11.7 Å². The lowest BCUT2D eigenvalue weighted by atomic mass is 9.79. The first kappa shape index (κ1) is 13.3. The molecule has 0 spiro atoms. The lowest BCUT2D eigenvalue weighted by molar-refractivity contribution is 0.0935. The van der Waals surface area contributed by atoms with E-state index in [1.807, 2.05) is 19.1 Å². The number of carbonyl (C=O) groups is 1. The molecule has 1 aliphatic carbocycles. The van der Waals surface area contributed by atoms with Crippen LogP contribution in [0.15, 0.2) is 24.3 Å². The Balaban J connectivity index is 2.06. The van der Waals surface area contributed by atoms with Crippen molar-refractivity contribution in [3.05, 3.63) is 35.4 Å². The average Bonchev–Trinajstić information content (AvgIpc) is 2.35. The zero-order chi connectivity index (χ0) is 13.1. The molecule has 1 saturated carbocycles. The Labute approximate surface area is 110 Å². The van der Waals surface area contributed by atoms with E-state index < -0.39 is 0 Å². The monoisotopic (exact) mass is 245 g/mol. The highest BCUT2D eigenvalue weighted by atomic mass is 16.1. The number of Topliss-reactive ketones (excluding diaryl/α,β-unsaturated/α-hetero) is 1. The Morgan fingerprint density at radius 2 is 1.94 bits per heavy atom. The van der Waals surface area contributed by atoms with Crippen molar-refractivity contribution < 1.29 is 4.79 Å². The second-order valence-corrected chi connectivity index (χ2v) is 5.53. The lowest BCUT2D eigenvalue weighted by Crippen LogP contribution is -2.36. The number of benzene rings is 1. The fraction of sp³-hybridized carbons (Fsp3) is 0.562. The molecule has 2 heteroatoms. The molecule has 1 fully saturated rings. The van der Waals surface area contributed by atoms with Crippen LogP contribution in [-0.2, 0) is 0 Å². The Morgan fingerprint density at radius 3 is 2.39 bits per heavy atom. The predicted molar refractivity (Wildman–Crippen MR) is 74.8 cm³/mol. The first-order valence-corrected chi connectivity index (χ1v) is 7.03. The fourth-order valence-corrected chi connectivity index (χ4v) is 2.37. The first-order valence-electron chi connectivity index (χ1n) is 7.03. The molecule has 0 saturated heterocycles. The number of hydrogen-bond acceptors (Lipinski definition) is 2.